The minimum atomic E-state index is -0.693. The molecule has 1 saturated heterocycles. The zero-order valence-corrected chi connectivity index (χ0v) is 21.2. The van der Waals surface area contributed by atoms with Gasteiger partial charge in [-0.15, -0.1) is 0 Å². The summed E-state index contributed by atoms with van der Waals surface area (Å²) in [5.41, 5.74) is 3.27. The van der Waals surface area contributed by atoms with Crippen molar-refractivity contribution in [3.8, 4) is 5.75 Å². The number of ketones is 1. The molecule has 2 aromatic carbocycles. The van der Waals surface area contributed by atoms with Gasteiger partial charge in [-0.05, 0) is 63.2 Å². The van der Waals surface area contributed by atoms with E-state index in [0.29, 0.717) is 24.5 Å². The van der Waals surface area contributed by atoms with E-state index < -0.39 is 17.7 Å². The second-order valence-corrected chi connectivity index (χ2v) is 9.06. The van der Waals surface area contributed by atoms with E-state index in [1.165, 1.54) is 0 Å². The normalized spacial score (nSPS) is 17.3. The molecule has 186 valence electrons. The fourth-order valence-corrected chi connectivity index (χ4v) is 4.31. The molecule has 1 aliphatic heterocycles. The van der Waals surface area contributed by atoms with Crippen LogP contribution in [0.1, 0.15) is 49.9 Å². The zero-order valence-electron chi connectivity index (χ0n) is 21.2. The lowest BCUT2D eigenvalue weighted by atomic mass is 9.95. The number of benzene rings is 2. The number of likely N-dealkylation sites (tertiary alicyclic amines) is 1. The van der Waals surface area contributed by atoms with Gasteiger partial charge in [0.25, 0.3) is 11.7 Å². The Balaban J connectivity index is 2.03. The maximum absolute atomic E-state index is 13.2. The highest BCUT2D eigenvalue weighted by Gasteiger charge is 2.45. The fourth-order valence-electron chi connectivity index (χ4n) is 4.31. The second kappa shape index (κ2) is 11.8. The molecule has 1 amide bonds. The number of Topliss-reactive ketones (excluding diaryl/α,β-unsaturated/α-hetero) is 1. The lowest BCUT2D eigenvalue weighted by Crippen LogP contribution is -2.33. The average molecular weight is 477 g/mol. The lowest BCUT2D eigenvalue weighted by molar-refractivity contribution is -0.140. The molecule has 0 aromatic heterocycles. The molecule has 1 atom stereocenters. The van der Waals surface area contributed by atoms with Gasteiger partial charge in [-0.25, -0.2) is 0 Å². The summed E-state index contributed by atoms with van der Waals surface area (Å²) in [5, 5.41) is 11.2. The van der Waals surface area contributed by atoms with Gasteiger partial charge >= 0.3 is 0 Å². The summed E-state index contributed by atoms with van der Waals surface area (Å²) < 4.78 is 5.82. The van der Waals surface area contributed by atoms with Gasteiger partial charge in [-0.3, -0.25) is 9.59 Å². The van der Waals surface area contributed by atoms with Crippen LogP contribution in [0, 0.1) is 6.92 Å². The van der Waals surface area contributed by atoms with Crippen LogP contribution in [0.25, 0.3) is 5.76 Å². The Bertz CT molecular complexity index is 1100. The Hall–Kier alpha value is -3.38. The monoisotopic (exact) mass is 476 g/mol. The topological polar surface area (TPSA) is 70.1 Å². The molecule has 1 fully saturated rings. The lowest BCUT2D eigenvalue weighted by Gasteiger charge is -2.27. The van der Waals surface area contributed by atoms with Crippen molar-refractivity contribution < 1.29 is 19.4 Å². The van der Waals surface area contributed by atoms with E-state index in [9.17, 15) is 14.7 Å². The van der Waals surface area contributed by atoms with Crippen molar-refractivity contribution in [2.45, 2.75) is 40.2 Å². The molecule has 1 N–H and O–H groups in total. The molecule has 0 aliphatic carbocycles. The van der Waals surface area contributed by atoms with Crippen LogP contribution < -0.4 is 4.74 Å². The van der Waals surface area contributed by atoms with Crippen LogP contribution in [0.3, 0.4) is 0 Å². The standard InChI is InChI=1S/C29H36N2O4/c1-6-30(7-2)16-9-17-31-26(23-10-8-11-24(18-23)35-19-20(3)4)25(28(33)29(31)34)27(32)22-14-12-21(5)13-15-22/h8,10-15,18,26,32H,3,6-7,9,16-17,19H2,1-2,4-5H3. The summed E-state index contributed by atoms with van der Waals surface area (Å²) in [4.78, 5) is 30.3. The summed E-state index contributed by atoms with van der Waals surface area (Å²) >= 11 is 0. The first-order valence-electron chi connectivity index (χ1n) is 12.2. The third kappa shape index (κ3) is 6.20. The Labute approximate surface area is 208 Å². The Morgan fingerprint density at radius 3 is 2.43 bits per heavy atom. The molecule has 3 rings (SSSR count). The molecule has 0 bridgehead atoms. The number of carbonyl (C=O) groups is 2. The molecular weight excluding hydrogens is 440 g/mol. The van der Waals surface area contributed by atoms with E-state index in [0.717, 1.165) is 42.8 Å². The van der Waals surface area contributed by atoms with E-state index >= 15 is 0 Å². The molecular formula is C29H36N2O4. The molecule has 1 heterocycles. The van der Waals surface area contributed by atoms with Crippen LogP contribution >= 0.6 is 0 Å². The third-order valence-corrected chi connectivity index (χ3v) is 6.29. The van der Waals surface area contributed by atoms with Gasteiger partial charge in [-0.2, -0.15) is 0 Å². The number of ether oxygens (including phenoxy) is 1. The molecule has 1 aliphatic rings. The predicted octanol–water partition coefficient (Wildman–Crippen LogP) is 5.10. The molecule has 0 spiro atoms. The number of aryl methyl sites for hydroxylation is 1. The third-order valence-electron chi connectivity index (χ3n) is 6.29. The maximum Gasteiger partial charge on any atom is 0.295 e. The smallest absolute Gasteiger partial charge is 0.295 e. The van der Waals surface area contributed by atoms with Crippen LogP contribution in [0.15, 0.2) is 66.3 Å². The largest absolute Gasteiger partial charge is 0.507 e. The number of hydrogen-bond donors (Lipinski definition) is 1. The minimum Gasteiger partial charge on any atom is -0.507 e. The van der Waals surface area contributed by atoms with Crippen LogP contribution in [0.2, 0.25) is 0 Å². The zero-order chi connectivity index (χ0) is 25.5. The van der Waals surface area contributed by atoms with E-state index in [1.807, 2.05) is 50.2 Å². The molecule has 0 saturated carbocycles. The number of nitrogens with zero attached hydrogens (tertiary/aromatic N) is 2. The fraction of sp³-hybridized carbons (Fsp3) is 0.379. The van der Waals surface area contributed by atoms with Gasteiger partial charge in [0.05, 0.1) is 11.6 Å². The summed E-state index contributed by atoms with van der Waals surface area (Å²) in [6.45, 7) is 15.4. The quantitative estimate of drug-likeness (QED) is 0.211. The molecule has 0 radical (unpaired) electrons. The van der Waals surface area contributed by atoms with Crippen molar-refractivity contribution >= 4 is 17.4 Å². The number of aliphatic hydroxyl groups excluding tert-OH is 1. The summed E-state index contributed by atoms with van der Waals surface area (Å²) in [6, 6.07) is 13.9. The van der Waals surface area contributed by atoms with E-state index in [1.54, 1.807) is 17.0 Å². The highest BCUT2D eigenvalue weighted by atomic mass is 16.5. The Kier molecular flexibility index (Phi) is 8.88. The van der Waals surface area contributed by atoms with Gasteiger partial charge < -0.3 is 19.6 Å². The van der Waals surface area contributed by atoms with Gasteiger partial charge in [0, 0.05) is 12.1 Å². The van der Waals surface area contributed by atoms with E-state index in [2.05, 4.69) is 25.3 Å². The number of carbonyl (C=O) groups excluding carboxylic acids is 2. The SMILES string of the molecule is C=C(C)COc1cccc(C2C(=C(O)c3ccc(C)cc3)C(=O)C(=O)N2CCCN(CC)CC)c1. The van der Waals surface area contributed by atoms with Crippen molar-refractivity contribution in [3.63, 3.8) is 0 Å². The summed E-state index contributed by atoms with van der Waals surface area (Å²) in [6.07, 6.45) is 0.724. The molecule has 6 heteroatoms. The highest BCUT2D eigenvalue weighted by molar-refractivity contribution is 6.46. The number of aliphatic hydroxyl groups is 1. The molecule has 6 nitrogen and oxygen atoms in total. The predicted molar refractivity (Wildman–Crippen MR) is 139 cm³/mol. The first-order chi connectivity index (χ1) is 16.8. The molecule has 2 aromatic rings. The van der Waals surface area contributed by atoms with E-state index in [-0.39, 0.29) is 11.3 Å². The minimum absolute atomic E-state index is 0.110. The first-order valence-corrected chi connectivity index (χ1v) is 12.2. The van der Waals surface area contributed by atoms with Gasteiger partial charge in [0.2, 0.25) is 0 Å². The van der Waals surface area contributed by atoms with Crippen molar-refractivity contribution in [1.82, 2.24) is 9.80 Å². The van der Waals surface area contributed by atoms with Crippen molar-refractivity contribution in [3.05, 3.63) is 82.9 Å². The van der Waals surface area contributed by atoms with Crippen LogP contribution in [0.4, 0.5) is 0 Å². The average Bonchev–Trinajstić information content (AvgIpc) is 3.10. The summed E-state index contributed by atoms with van der Waals surface area (Å²) in [5.74, 6) is -0.789. The second-order valence-electron chi connectivity index (χ2n) is 9.06. The number of rotatable bonds is 11. The summed E-state index contributed by atoms with van der Waals surface area (Å²) in [7, 11) is 0. The van der Waals surface area contributed by atoms with Gasteiger partial charge in [0.15, 0.2) is 0 Å². The first kappa shape index (κ1) is 26.2. The maximum atomic E-state index is 13.2. The van der Waals surface area contributed by atoms with Crippen LogP contribution in [-0.4, -0.2) is 59.4 Å². The van der Waals surface area contributed by atoms with Gasteiger partial charge in [0.1, 0.15) is 18.1 Å². The Morgan fingerprint density at radius 1 is 1.11 bits per heavy atom. The van der Waals surface area contributed by atoms with Crippen molar-refractivity contribution in [2.24, 2.45) is 0 Å². The highest BCUT2D eigenvalue weighted by Crippen LogP contribution is 2.40. The van der Waals surface area contributed by atoms with Crippen LogP contribution in [-0.2, 0) is 9.59 Å². The number of amides is 1. The van der Waals surface area contributed by atoms with Crippen LogP contribution in [0.5, 0.6) is 5.75 Å². The van der Waals surface area contributed by atoms with Gasteiger partial charge in [-0.1, -0.05) is 62.4 Å². The molecule has 35 heavy (non-hydrogen) atoms. The number of hydrogen-bond acceptors (Lipinski definition) is 5. The van der Waals surface area contributed by atoms with E-state index in [4.69, 9.17) is 4.74 Å². The van der Waals surface area contributed by atoms with Crippen molar-refractivity contribution in [2.75, 3.05) is 32.8 Å². The molecule has 1 unspecified atom stereocenters. The Morgan fingerprint density at radius 2 is 1.80 bits per heavy atom. The van der Waals surface area contributed by atoms with Crippen molar-refractivity contribution in [1.29, 1.82) is 0 Å².